The maximum absolute atomic E-state index is 13.6. The average Bonchev–Trinajstić information content (AvgIpc) is 3.03. The lowest BCUT2D eigenvalue weighted by Gasteiger charge is -2.35. The fraction of sp³-hybridized carbons (Fsp3) is 0.455. The maximum atomic E-state index is 13.6. The summed E-state index contributed by atoms with van der Waals surface area (Å²) in [4.78, 5) is 24.8. The van der Waals surface area contributed by atoms with E-state index in [1.54, 1.807) is 0 Å². The first-order valence-electron chi connectivity index (χ1n) is 14.9. The number of rotatable bonds is 3. The van der Waals surface area contributed by atoms with Gasteiger partial charge in [0.15, 0.2) is 0 Å². The van der Waals surface area contributed by atoms with Gasteiger partial charge in [-0.05, 0) is 59.9 Å². The SMILES string of the molecule is O=C(c1ccc2c(c1)Cc1cccc(c1)CN(C1CCOCC1)CCOCCO2)N1CCN(c2ccccn2)CC1. The Balaban J connectivity index is 1.18. The lowest BCUT2D eigenvalue weighted by atomic mass is 9.99. The number of carbonyl (C=O) groups is 1. The molecule has 4 heterocycles. The molecule has 216 valence electrons. The van der Waals surface area contributed by atoms with Gasteiger partial charge in [0.25, 0.3) is 5.91 Å². The molecule has 0 radical (unpaired) electrons. The number of nitrogens with zero attached hydrogens (tertiary/aromatic N) is 4. The van der Waals surface area contributed by atoms with Crippen LogP contribution in [0.2, 0.25) is 0 Å². The number of hydrogen-bond acceptors (Lipinski definition) is 7. The van der Waals surface area contributed by atoms with E-state index in [9.17, 15) is 4.79 Å². The zero-order valence-electron chi connectivity index (χ0n) is 23.7. The minimum absolute atomic E-state index is 0.0667. The van der Waals surface area contributed by atoms with E-state index in [4.69, 9.17) is 14.2 Å². The van der Waals surface area contributed by atoms with Gasteiger partial charge >= 0.3 is 0 Å². The molecule has 6 rings (SSSR count). The summed E-state index contributed by atoms with van der Waals surface area (Å²) in [5.41, 5.74) is 4.25. The van der Waals surface area contributed by atoms with Gasteiger partial charge in [0, 0.05) is 76.7 Å². The number of pyridine rings is 1. The van der Waals surface area contributed by atoms with Gasteiger partial charge in [-0.3, -0.25) is 9.69 Å². The topological polar surface area (TPSA) is 67.4 Å². The Hall–Kier alpha value is -3.46. The van der Waals surface area contributed by atoms with Crippen LogP contribution in [-0.4, -0.2) is 92.5 Å². The minimum Gasteiger partial charge on any atom is -0.491 e. The van der Waals surface area contributed by atoms with Gasteiger partial charge in [0.1, 0.15) is 18.2 Å². The highest BCUT2D eigenvalue weighted by atomic mass is 16.5. The van der Waals surface area contributed by atoms with E-state index < -0.39 is 0 Å². The molecule has 1 aromatic heterocycles. The van der Waals surface area contributed by atoms with Gasteiger partial charge in [-0.1, -0.05) is 30.3 Å². The Labute approximate surface area is 242 Å². The molecule has 3 aliphatic rings. The van der Waals surface area contributed by atoms with Gasteiger partial charge in [0.2, 0.25) is 0 Å². The molecule has 1 amide bonds. The zero-order valence-corrected chi connectivity index (χ0v) is 23.7. The Morgan fingerprint density at radius 1 is 0.780 bits per heavy atom. The Morgan fingerprint density at radius 2 is 1.61 bits per heavy atom. The lowest BCUT2D eigenvalue weighted by molar-refractivity contribution is 0.0133. The summed E-state index contributed by atoms with van der Waals surface area (Å²) in [6.45, 7) is 8.03. The van der Waals surface area contributed by atoms with Gasteiger partial charge < -0.3 is 24.0 Å². The van der Waals surface area contributed by atoms with Crippen LogP contribution in [-0.2, 0) is 22.4 Å². The molecule has 0 unspecified atom stereocenters. The van der Waals surface area contributed by atoms with E-state index in [1.165, 1.54) is 11.1 Å². The van der Waals surface area contributed by atoms with Crippen molar-refractivity contribution < 1.29 is 19.0 Å². The summed E-state index contributed by atoms with van der Waals surface area (Å²) in [5, 5.41) is 0. The van der Waals surface area contributed by atoms with Crippen molar-refractivity contribution in [1.29, 1.82) is 0 Å². The smallest absolute Gasteiger partial charge is 0.253 e. The van der Waals surface area contributed by atoms with Crippen LogP contribution in [0.15, 0.2) is 66.9 Å². The first-order chi connectivity index (χ1) is 20.2. The van der Waals surface area contributed by atoms with Crippen LogP contribution in [0.4, 0.5) is 5.82 Å². The van der Waals surface area contributed by atoms with Crippen molar-refractivity contribution >= 4 is 11.7 Å². The molecular formula is C33H40N4O4. The normalized spacial score (nSPS) is 19.6. The Bertz CT molecular complexity index is 1290. The van der Waals surface area contributed by atoms with Gasteiger partial charge in [-0.2, -0.15) is 0 Å². The van der Waals surface area contributed by atoms with Crippen molar-refractivity contribution in [2.45, 2.75) is 31.8 Å². The summed E-state index contributed by atoms with van der Waals surface area (Å²) < 4.78 is 17.8. The maximum Gasteiger partial charge on any atom is 0.253 e. The molecule has 8 nitrogen and oxygen atoms in total. The molecule has 41 heavy (non-hydrogen) atoms. The van der Waals surface area contributed by atoms with E-state index in [1.807, 2.05) is 47.5 Å². The number of aromatic nitrogens is 1. The van der Waals surface area contributed by atoms with Crippen LogP contribution < -0.4 is 9.64 Å². The van der Waals surface area contributed by atoms with Crippen molar-refractivity contribution in [2.24, 2.45) is 0 Å². The third kappa shape index (κ3) is 7.07. The number of anilines is 1. The van der Waals surface area contributed by atoms with Crippen LogP contribution in [0.25, 0.3) is 0 Å². The first kappa shape index (κ1) is 27.7. The van der Waals surface area contributed by atoms with Crippen molar-refractivity contribution in [3.8, 4) is 5.75 Å². The molecule has 0 saturated carbocycles. The highest BCUT2D eigenvalue weighted by molar-refractivity contribution is 5.94. The average molecular weight is 557 g/mol. The number of piperazine rings is 1. The summed E-state index contributed by atoms with van der Waals surface area (Å²) in [6.07, 6.45) is 4.64. The molecule has 0 aliphatic carbocycles. The van der Waals surface area contributed by atoms with Gasteiger partial charge in [-0.25, -0.2) is 4.98 Å². The number of ether oxygens (including phenoxy) is 3. The fourth-order valence-corrected chi connectivity index (χ4v) is 6.08. The third-order valence-electron chi connectivity index (χ3n) is 8.33. The summed E-state index contributed by atoms with van der Waals surface area (Å²) >= 11 is 0. The number of hydrogen-bond donors (Lipinski definition) is 0. The summed E-state index contributed by atoms with van der Waals surface area (Å²) in [6, 6.07) is 21.2. The molecule has 3 aliphatic heterocycles. The minimum atomic E-state index is 0.0667. The number of amides is 1. The third-order valence-corrected chi connectivity index (χ3v) is 8.33. The molecule has 0 N–H and O–H groups in total. The van der Waals surface area contributed by atoms with Crippen molar-refractivity contribution in [1.82, 2.24) is 14.8 Å². The molecular weight excluding hydrogens is 516 g/mol. The second kappa shape index (κ2) is 13.5. The highest BCUT2D eigenvalue weighted by Gasteiger charge is 2.24. The molecule has 3 aromatic rings. The number of fused-ring (bicyclic) bond motifs is 3. The number of benzene rings is 2. The van der Waals surface area contributed by atoms with Crippen molar-refractivity contribution in [3.63, 3.8) is 0 Å². The quantitative estimate of drug-likeness (QED) is 0.483. The van der Waals surface area contributed by atoms with E-state index in [-0.39, 0.29) is 5.91 Å². The molecule has 2 fully saturated rings. The van der Waals surface area contributed by atoms with E-state index in [2.05, 4.69) is 39.0 Å². The van der Waals surface area contributed by atoms with Gasteiger partial charge in [0.05, 0.1) is 13.2 Å². The standard InChI is InChI=1S/C33H40N4O4/c38-33(36-14-12-35(13-15-36)32-6-1-2-11-34-32)28-7-8-31-29(24-28)23-26-4-3-5-27(22-26)25-37(16-19-40-20-21-41-31)30-9-17-39-18-10-30/h1-8,11,22,24,30H,9-10,12-21,23,25H2. The van der Waals surface area contributed by atoms with Crippen LogP contribution >= 0.6 is 0 Å². The summed E-state index contributed by atoms with van der Waals surface area (Å²) in [5.74, 6) is 1.85. The predicted octanol–water partition coefficient (Wildman–Crippen LogP) is 4.02. The molecule has 0 spiro atoms. The molecule has 2 saturated heterocycles. The first-order valence-corrected chi connectivity index (χ1v) is 14.9. The van der Waals surface area contributed by atoms with Gasteiger partial charge in [-0.15, -0.1) is 0 Å². The molecule has 2 bridgehead atoms. The zero-order chi connectivity index (χ0) is 27.9. The molecule has 8 heteroatoms. The van der Waals surface area contributed by atoms with Crippen molar-refractivity contribution in [3.05, 3.63) is 89.1 Å². The van der Waals surface area contributed by atoms with E-state index in [0.717, 1.165) is 69.4 Å². The Kier molecular flexibility index (Phi) is 9.10. The van der Waals surface area contributed by atoms with Crippen LogP contribution in [0, 0.1) is 0 Å². The van der Waals surface area contributed by atoms with Crippen molar-refractivity contribution in [2.75, 3.05) is 70.7 Å². The van der Waals surface area contributed by atoms with E-state index in [0.29, 0.717) is 50.9 Å². The predicted molar refractivity (Wildman–Crippen MR) is 159 cm³/mol. The van der Waals surface area contributed by atoms with Crippen LogP contribution in [0.1, 0.15) is 39.9 Å². The second-order valence-electron chi connectivity index (χ2n) is 11.1. The van der Waals surface area contributed by atoms with Crippen LogP contribution in [0.5, 0.6) is 5.75 Å². The number of carbonyl (C=O) groups excluding carboxylic acids is 1. The fourth-order valence-electron chi connectivity index (χ4n) is 6.08. The lowest BCUT2D eigenvalue weighted by Crippen LogP contribution is -2.49. The monoisotopic (exact) mass is 556 g/mol. The largest absolute Gasteiger partial charge is 0.491 e. The van der Waals surface area contributed by atoms with Crippen LogP contribution in [0.3, 0.4) is 0 Å². The highest BCUT2D eigenvalue weighted by Crippen LogP contribution is 2.26. The Morgan fingerprint density at radius 3 is 2.44 bits per heavy atom. The molecule has 0 atom stereocenters. The second-order valence-corrected chi connectivity index (χ2v) is 11.1. The summed E-state index contributed by atoms with van der Waals surface area (Å²) in [7, 11) is 0. The molecule has 2 aromatic carbocycles. The van der Waals surface area contributed by atoms with E-state index >= 15 is 0 Å².